The van der Waals surface area contributed by atoms with Gasteiger partial charge in [-0.15, -0.1) is 0 Å². The van der Waals surface area contributed by atoms with Crippen molar-refractivity contribution in [3.63, 3.8) is 0 Å². The number of piperazine rings is 1. The number of nitrogens with zero attached hydrogens (tertiary/aromatic N) is 5. The lowest BCUT2D eigenvalue weighted by atomic mass is 9.80. The molecule has 0 radical (unpaired) electrons. The molecule has 210 valence electrons. The standard InChI is InChI=1S/C27H32F3N5O3S/c1-19-12-25-21(16-31-35(25)23-4-2-22(28)3-5-23)13-24(19)26-18-34(39(36,37)33-8-10-38-11-9-33)7-6-32(26)17-20-14-27(29,30)15-20/h2-5,12-13,16,20,26H,6-11,14-15,17-18H2,1H3. The zero-order valence-corrected chi connectivity index (χ0v) is 22.6. The molecule has 3 heterocycles. The molecule has 12 heteroatoms. The van der Waals surface area contributed by atoms with E-state index < -0.39 is 16.1 Å². The van der Waals surface area contributed by atoms with Crippen LogP contribution in [-0.4, -0.2) is 90.1 Å². The molecule has 8 nitrogen and oxygen atoms in total. The molecule has 1 atom stereocenters. The third-order valence-corrected chi connectivity index (χ3v) is 10.1. The van der Waals surface area contributed by atoms with Crippen LogP contribution in [0.2, 0.25) is 0 Å². The number of aromatic nitrogens is 2. The Kier molecular flexibility index (Phi) is 6.95. The van der Waals surface area contributed by atoms with E-state index in [0.29, 0.717) is 45.9 Å². The number of hydrogen-bond donors (Lipinski definition) is 0. The van der Waals surface area contributed by atoms with Crippen molar-refractivity contribution in [3.05, 3.63) is 59.5 Å². The van der Waals surface area contributed by atoms with Gasteiger partial charge in [0.1, 0.15) is 5.82 Å². The topological polar surface area (TPSA) is 70.9 Å². The monoisotopic (exact) mass is 563 g/mol. The number of aryl methyl sites for hydroxylation is 1. The Morgan fingerprint density at radius 1 is 1.03 bits per heavy atom. The summed E-state index contributed by atoms with van der Waals surface area (Å²) in [5, 5.41) is 5.38. The molecule has 0 amide bonds. The van der Waals surface area contributed by atoms with Crippen LogP contribution < -0.4 is 0 Å². The van der Waals surface area contributed by atoms with Gasteiger partial charge in [0.2, 0.25) is 5.92 Å². The highest BCUT2D eigenvalue weighted by Crippen LogP contribution is 2.44. The molecule has 1 unspecified atom stereocenters. The zero-order valence-electron chi connectivity index (χ0n) is 21.8. The summed E-state index contributed by atoms with van der Waals surface area (Å²) in [5.41, 5.74) is 3.48. The first-order valence-electron chi connectivity index (χ1n) is 13.3. The molecule has 3 aromatic rings. The van der Waals surface area contributed by atoms with Gasteiger partial charge in [-0.2, -0.15) is 22.1 Å². The average Bonchev–Trinajstić information content (AvgIpc) is 3.31. The van der Waals surface area contributed by atoms with Gasteiger partial charge in [-0.1, -0.05) is 0 Å². The number of fused-ring (bicyclic) bond motifs is 1. The quantitative estimate of drug-likeness (QED) is 0.457. The van der Waals surface area contributed by atoms with Gasteiger partial charge in [-0.05, 0) is 60.4 Å². The van der Waals surface area contributed by atoms with Crippen molar-refractivity contribution in [1.82, 2.24) is 23.3 Å². The van der Waals surface area contributed by atoms with Gasteiger partial charge < -0.3 is 4.74 Å². The molecule has 2 saturated heterocycles. The van der Waals surface area contributed by atoms with E-state index in [1.807, 2.05) is 19.1 Å². The number of benzene rings is 2. The molecular weight excluding hydrogens is 531 g/mol. The van der Waals surface area contributed by atoms with Gasteiger partial charge in [-0.25, -0.2) is 17.9 Å². The summed E-state index contributed by atoms with van der Waals surface area (Å²) in [5.74, 6) is -3.05. The molecular formula is C27H32F3N5O3S. The second-order valence-electron chi connectivity index (χ2n) is 10.8. The molecule has 3 fully saturated rings. The molecule has 0 spiro atoms. The predicted molar refractivity (Wildman–Crippen MR) is 141 cm³/mol. The smallest absolute Gasteiger partial charge is 0.282 e. The number of alkyl halides is 2. The van der Waals surface area contributed by atoms with Crippen molar-refractivity contribution >= 4 is 21.1 Å². The first-order chi connectivity index (χ1) is 18.6. The van der Waals surface area contributed by atoms with Crippen LogP contribution in [0.15, 0.2) is 42.6 Å². The Morgan fingerprint density at radius 2 is 1.74 bits per heavy atom. The second-order valence-corrected chi connectivity index (χ2v) is 12.7. The summed E-state index contributed by atoms with van der Waals surface area (Å²) in [6, 6.07) is 9.84. The van der Waals surface area contributed by atoms with Crippen LogP contribution in [-0.2, 0) is 14.9 Å². The van der Waals surface area contributed by atoms with Gasteiger partial charge in [-0.3, -0.25) is 4.90 Å². The fourth-order valence-corrected chi connectivity index (χ4v) is 7.63. The first-order valence-corrected chi connectivity index (χ1v) is 14.7. The van der Waals surface area contributed by atoms with E-state index >= 15 is 0 Å². The predicted octanol–water partition coefficient (Wildman–Crippen LogP) is 3.75. The zero-order chi connectivity index (χ0) is 27.4. The van der Waals surface area contributed by atoms with Crippen LogP contribution in [0.25, 0.3) is 16.6 Å². The van der Waals surface area contributed by atoms with Crippen LogP contribution in [0.4, 0.5) is 13.2 Å². The molecule has 3 aliphatic rings. The molecule has 39 heavy (non-hydrogen) atoms. The number of rotatable bonds is 6. The maximum absolute atomic E-state index is 13.6. The van der Waals surface area contributed by atoms with E-state index in [0.717, 1.165) is 27.7 Å². The van der Waals surface area contributed by atoms with Gasteiger partial charge in [0.05, 0.1) is 30.6 Å². The lowest BCUT2D eigenvalue weighted by molar-refractivity contribution is -0.120. The van der Waals surface area contributed by atoms with Crippen molar-refractivity contribution in [3.8, 4) is 5.69 Å². The SMILES string of the molecule is Cc1cc2c(cnn2-c2ccc(F)cc2)cc1C1CN(S(=O)(=O)N2CCOCC2)CCN1CC1CC(F)(F)C1. The molecule has 0 bridgehead atoms. The Hall–Kier alpha value is -2.51. The molecule has 1 aliphatic carbocycles. The summed E-state index contributed by atoms with van der Waals surface area (Å²) in [6.07, 6.45) is 1.48. The van der Waals surface area contributed by atoms with E-state index in [1.165, 1.54) is 20.7 Å². The highest BCUT2D eigenvalue weighted by atomic mass is 32.2. The third kappa shape index (κ3) is 5.20. The molecule has 1 saturated carbocycles. The molecule has 0 N–H and O–H groups in total. The Bertz CT molecular complexity index is 1450. The van der Waals surface area contributed by atoms with Crippen molar-refractivity contribution < 1.29 is 26.3 Å². The largest absolute Gasteiger partial charge is 0.379 e. The highest BCUT2D eigenvalue weighted by molar-refractivity contribution is 7.86. The van der Waals surface area contributed by atoms with Crippen molar-refractivity contribution in [2.75, 3.05) is 52.5 Å². The third-order valence-electron chi connectivity index (χ3n) is 8.13. The van der Waals surface area contributed by atoms with E-state index in [4.69, 9.17) is 4.74 Å². The number of hydrogen-bond acceptors (Lipinski definition) is 5. The van der Waals surface area contributed by atoms with Gasteiger partial charge in [0, 0.05) is 63.5 Å². The van der Waals surface area contributed by atoms with Crippen LogP contribution in [0.1, 0.15) is 30.0 Å². The molecule has 6 rings (SSSR count). The fourth-order valence-electron chi connectivity index (χ4n) is 6.05. The van der Waals surface area contributed by atoms with E-state index in [1.54, 1.807) is 23.0 Å². The van der Waals surface area contributed by atoms with Gasteiger partial charge in [0.15, 0.2) is 0 Å². The minimum atomic E-state index is -3.69. The van der Waals surface area contributed by atoms with Gasteiger partial charge in [0.25, 0.3) is 10.2 Å². The summed E-state index contributed by atoms with van der Waals surface area (Å²) in [4.78, 5) is 2.17. The van der Waals surface area contributed by atoms with Crippen molar-refractivity contribution in [2.45, 2.75) is 31.7 Å². The highest BCUT2D eigenvalue weighted by Gasteiger charge is 2.47. The van der Waals surface area contributed by atoms with Crippen LogP contribution >= 0.6 is 0 Å². The molecule has 1 aromatic heterocycles. The number of halogens is 3. The second kappa shape index (κ2) is 10.2. The van der Waals surface area contributed by atoms with Crippen LogP contribution in [0.5, 0.6) is 0 Å². The van der Waals surface area contributed by atoms with Crippen LogP contribution in [0, 0.1) is 18.7 Å². The van der Waals surface area contributed by atoms with E-state index in [-0.39, 0.29) is 37.2 Å². The number of morpholine rings is 1. The minimum Gasteiger partial charge on any atom is -0.379 e. The Balaban J connectivity index is 1.33. The lowest BCUT2D eigenvalue weighted by Gasteiger charge is -2.46. The fraction of sp³-hybridized carbons (Fsp3) is 0.519. The average molecular weight is 564 g/mol. The summed E-state index contributed by atoms with van der Waals surface area (Å²) >= 11 is 0. The maximum Gasteiger partial charge on any atom is 0.282 e. The summed E-state index contributed by atoms with van der Waals surface area (Å²) in [7, 11) is -3.69. The lowest BCUT2D eigenvalue weighted by Crippen LogP contribution is -2.57. The molecule has 2 aliphatic heterocycles. The Labute approximate surface area is 226 Å². The van der Waals surface area contributed by atoms with Gasteiger partial charge >= 0.3 is 0 Å². The normalized spacial score (nSPS) is 23.7. The maximum atomic E-state index is 13.6. The Morgan fingerprint density at radius 3 is 2.44 bits per heavy atom. The minimum absolute atomic E-state index is 0.116. The summed E-state index contributed by atoms with van der Waals surface area (Å²) < 4.78 is 77.9. The van der Waals surface area contributed by atoms with Crippen molar-refractivity contribution in [1.29, 1.82) is 0 Å². The van der Waals surface area contributed by atoms with Crippen molar-refractivity contribution in [2.24, 2.45) is 5.92 Å². The summed E-state index contributed by atoms with van der Waals surface area (Å²) in [6.45, 7) is 4.85. The van der Waals surface area contributed by atoms with Crippen LogP contribution in [0.3, 0.4) is 0 Å². The van der Waals surface area contributed by atoms with E-state index in [9.17, 15) is 21.6 Å². The van der Waals surface area contributed by atoms with E-state index in [2.05, 4.69) is 10.00 Å². The molecule has 2 aromatic carbocycles. The first kappa shape index (κ1) is 26.7. The number of ether oxygens (including phenoxy) is 1.